The normalized spacial score (nSPS) is 15.7. The Hall–Kier alpha value is -2.92. The van der Waals surface area contributed by atoms with Crippen molar-refractivity contribution in [1.82, 2.24) is 19.8 Å². The van der Waals surface area contributed by atoms with Gasteiger partial charge in [0.15, 0.2) is 15.7 Å². The summed E-state index contributed by atoms with van der Waals surface area (Å²) >= 11 is 6.43. The highest BCUT2D eigenvalue weighted by Crippen LogP contribution is 2.34. The lowest BCUT2D eigenvalue weighted by molar-refractivity contribution is 0.148. The van der Waals surface area contributed by atoms with E-state index in [9.17, 15) is 8.42 Å². The van der Waals surface area contributed by atoms with Crippen LogP contribution in [0.5, 0.6) is 5.75 Å². The van der Waals surface area contributed by atoms with Crippen molar-refractivity contribution in [3.8, 4) is 5.75 Å². The van der Waals surface area contributed by atoms with Gasteiger partial charge in [0.1, 0.15) is 10.8 Å². The number of hydrogen-bond donors (Lipinski definition) is 2. The summed E-state index contributed by atoms with van der Waals surface area (Å²) in [6.45, 7) is 14.9. The molecule has 41 heavy (non-hydrogen) atoms. The zero-order chi connectivity index (χ0) is 29.7. The summed E-state index contributed by atoms with van der Waals surface area (Å²) in [5, 5.41) is 6.05. The van der Waals surface area contributed by atoms with Gasteiger partial charge in [-0.05, 0) is 70.5 Å². The van der Waals surface area contributed by atoms with Gasteiger partial charge >= 0.3 is 0 Å². The number of para-hydroxylation sites is 1. The molecule has 0 amide bonds. The summed E-state index contributed by atoms with van der Waals surface area (Å²) in [5.74, 6) is 1.64. The molecule has 1 aliphatic rings. The third kappa shape index (κ3) is 7.88. The van der Waals surface area contributed by atoms with Gasteiger partial charge in [0.2, 0.25) is 5.95 Å². The Morgan fingerprint density at radius 3 is 2.37 bits per heavy atom. The van der Waals surface area contributed by atoms with Gasteiger partial charge < -0.3 is 25.2 Å². The van der Waals surface area contributed by atoms with E-state index >= 15 is 0 Å². The highest BCUT2D eigenvalue weighted by molar-refractivity contribution is 7.92. The third-order valence-electron chi connectivity index (χ3n) is 7.12. The molecule has 2 heterocycles. The molecule has 1 aliphatic heterocycles. The molecule has 9 nitrogen and oxygen atoms in total. The van der Waals surface area contributed by atoms with Crippen LogP contribution in [0.3, 0.4) is 0 Å². The Morgan fingerprint density at radius 1 is 0.976 bits per heavy atom. The molecule has 0 saturated carbocycles. The molecule has 1 aromatic heterocycles. The van der Waals surface area contributed by atoms with Crippen LogP contribution in [-0.2, 0) is 9.84 Å². The fraction of sp³-hybridized carbons (Fsp3) is 0.467. The number of anilines is 4. The van der Waals surface area contributed by atoms with Gasteiger partial charge in [0, 0.05) is 32.7 Å². The number of ether oxygens (including phenoxy) is 1. The van der Waals surface area contributed by atoms with E-state index in [0.717, 1.165) is 38.4 Å². The number of nitrogens with zero attached hydrogens (tertiary/aromatic N) is 4. The smallest absolute Gasteiger partial charge is 0.229 e. The Kier molecular flexibility index (Phi) is 10.1. The lowest BCUT2D eigenvalue weighted by Gasteiger charge is -2.34. The monoisotopic (exact) mass is 600 g/mol. The minimum atomic E-state index is -3.53. The Morgan fingerprint density at radius 2 is 1.68 bits per heavy atom. The average molecular weight is 601 g/mol. The predicted molar refractivity (Wildman–Crippen MR) is 167 cm³/mol. The summed E-state index contributed by atoms with van der Waals surface area (Å²) in [4.78, 5) is 14.0. The summed E-state index contributed by atoms with van der Waals surface area (Å²) in [5.41, 5.74) is 2.33. The Labute approximate surface area is 249 Å². The summed E-state index contributed by atoms with van der Waals surface area (Å²) in [6.07, 6.45) is 1.45. The van der Waals surface area contributed by atoms with Crippen molar-refractivity contribution >= 4 is 44.6 Å². The van der Waals surface area contributed by atoms with Crippen molar-refractivity contribution in [3.63, 3.8) is 0 Å². The maximum atomic E-state index is 12.9. The number of benzene rings is 2. The van der Waals surface area contributed by atoms with Gasteiger partial charge in [0.25, 0.3) is 0 Å². The molecular weight excluding hydrogens is 560 g/mol. The number of halogens is 1. The summed E-state index contributed by atoms with van der Waals surface area (Å²) in [6, 6.07) is 12.9. The van der Waals surface area contributed by atoms with E-state index in [1.165, 1.54) is 11.8 Å². The van der Waals surface area contributed by atoms with Crippen molar-refractivity contribution in [2.75, 3.05) is 50.4 Å². The minimum Gasteiger partial charge on any atom is -0.489 e. The van der Waals surface area contributed by atoms with Crippen molar-refractivity contribution in [3.05, 3.63) is 59.2 Å². The largest absolute Gasteiger partial charge is 0.489 e. The number of nitrogens with one attached hydrogen (secondary N) is 2. The van der Waals surface area contributed by atoms with Gasteiger partial charge in [-0.25, -0.2) is 13.4 Å². The lowest BCUT2D eigenvalue weighted by atomic mass is 9.99. The molecule has 0 spiro atoms. The zero-order valence-electron chi connectivity index (χ0n) is 24.7. The van der Waals surface area contributed by atoms with Crippen LogP contribution in [-0.4, -0.2) is 79.3 Å². The molecule has 4 rings (SSSR count). The summed E-state index contributed by atoms with van der Waals surface area (Å²) < 4.78 is 32.0. The second-order valence-corrected chi connectivity index (χ2v) is 14.0. The van der Waals surface area contributed by atoms with E-state index in [1.807, 2.05) is 19.9 Å². The molecule has 0 bridgehead atoms. The molecule has 0 aliphatic carbocycles. The van der Waals surface area contributed by atoms with Crippen molar-refractivity contribution in [2.45, 2.75) is 56.8 Å². The number of piperazine rings is 1. The van der Waals surface area contributed by atoms with E-state index < -0.39 is 15.1 Å². The molecule has 1 fully saturated rings. The van der Waals surface area contributed by atoms with Crippen LogP contribution in [0.1, 0.15) is 46.1 Å². The van der Waals surface area contributed by atoms with Crippen molar-refractivity contribution < 1.29 is 13.2 Å². The van der Waals surface area contributed by atoms with E-state index in [-0.39, 0.29) is 16.0 Å². The zero-order valence-corrected chi connectivity index (χ0v) is 26.3. The minimum absolute atomic E-state index is 0.0264. The molecule has 1 saturated heterocycles. The quantitative estimate of drug-likeness (QED) is 0.277. The third-order valence-corrected chi connectivity index (χ3v) is 9.61. The Balaban J connectivity index is 1.57. The number of hydrogen-bond acceptors (Lipinski definition) is 9. The molecule has 3 aromatic rings. The molecule has 11 heteroatoms. The summed E-state index contributed by atoms with van der Waals surface area (Å²) in [7, 11) is -1.36. The molecular formula is C30H41ClN6O3S. The Bertz CT molecular complexity index is 1440. The van der Waals surface area contributed by atoms with Crippen LogP contribution in [0.2, 0.25) is 5.02 Å². The van der Waals surface area contributed by atoms with Gasteiger partial charge in [0.05, 0.1) is 33.8 Å². The molecule has 2 aromatic carbocycles. The topological polar surface area (TPSA) is 99.7 Å². The number of sulfone groups is 1. The van der Waals surface area contributed by atoms with E-state index in [4.69, 9.17) is 16.3 Å². The number of likely N-dealkylation sites (N-methyl/N-ethyl adjacent to an activating group) is 1. The van der Waals surface area contributed by atoms with E-state index in [1.54, 1.807) is 38.1 Å². The molecule has 222 valence electrons. The highest BCUT2D eigenvalue weighted by atomic mass is 35.5. The van der Waals surface area contributed by atoms with Gasteiger partial charge in [-0.15, -0.1) is 0 Å². The molecule has 1 atom stereocenters. The van der Waals surface area contributed by atoms with Crippen LogP contribution < -0.4 is 15.4 Å². The lowest BCUT2D eigenvalue weighted by Crippen LogP contribution is -2.45. The van der Waals surface area contributed by atoms with E-state index in [2.05, 4.69) is 56.5 Å². The maximum Gasteiger partial charge on any atom is 0.229 e. The number of rotatable bonds is 11. The van der Waals surface area contributed by atoms with Crippen molar-refractivity contribution in [2.24, 2.45) is 0 Å². The fourth-order valence-electron chi connectivity index (χ4n) is 4.66. The average Bonchev–Trinajstić information content (AvgIpc) is 2.92. The second kappa shape index (κ2) is 13.4. The highest BCUT2D eigenvalue weighted by Gasteiger charge is 2.23. The first-order chi connectivity index (χ1) is 19.4. The van der Waals surface area contributed by atoms with Gasteiger partial charge in [-0.2, -0.15) is 4.98 Å². The van der Waals surface area contributed by atoms with Crippen LogP contribution in [0.25, 0.3) is 0 Å². The predicted octanol–water partition coefficient (Wildman–Crippen LogP) is 5.94. The fourth-order valence-corrected chi connectivity index (χ4v) is 6.00. The van der Waals surface area contributed by atoms with Crippen LogP contribution in [0.4, 0.5) is 23.1 Å². The van der Waals surface area contributed by atoms with Crippen LogP contribution in [0.15, 0.2) is 53.6 Å². The van der Waals surface area contributed by atoms with Crippen molar-refractivity contribution in [1.29, 1.82) is 0 Å². The first-order valence-electron chi connectivity index (χ1n) is 14.0. The first kappa shape index (κ1) is 31.0. The molecule has 1 unspecified atom stereocenters. The van der Waals surface area contributed by atoms with Crippen LogP contribution in [0, 0.1) is 0 Å². The SMILES string of the molecule is CC(C)Oc1cc(C(C)CN2CCN(C)CC2)ccc1Nc1ncc(Cl)c(Nc2ccccc2S(=O)(=O)C(C)C)n1. The molecule has 2 N–H and O–H groups in total. The first-order valence-corrected chi connectivity index (χ1v) is 16.0. The number of aromatic nitrogens is 2. The molecule has 0 radical (unpaired) electrons. The van der Waals surface area contributed by atoms with Gasteiger partial charge in [-0.1, -0.05) is 36.7 Å². The second-order valence-electron chi connectivity index (χ2n) is 11.2. The van der Waals surface area contributed by atoms with E-state index in [0.29, 0.717) is 29.1 Å². The van der Waals surface area contributed by atoms with Crippen LogP contribution >= 0.6 is 11.6 Å². The van der Waals surface area contributed by atoms with Gasteiger partial charge in [-0.3, -0.25) is 0 Å². The standard InChI is InChI=1S/C30H41ClN6O3S/c1-20(2)40-27-17-23(22(5)19-37-15-13-36(6)14-16-37)11-12-25(27)34-30-32-18-24(31)29(35-30)33-26-9-7-8-10-28(26)41(38,39)21(3)4/h7-12,17-18,20-22H,13-16,19H2,1-6H3,(H2,32,33,34,35). The maximum absolute atomic E-state index is 12.9.